The third-order valence-electron chi connectivity index (χ3n) is 6.05. The molecule has 3 saturated heterocycles. The van der Waals surface area contributed by atoms with Gasteiger partial charge in [-0.05, 0) is 50.5 Å². The van der Waals surface area contributed by atoms with E-state index in [0.717, 1.165) is 65.1 Å². The maximum Gasteiger partial charge on any atom is 0.228 e. The second-order valence-corrected chi connectivity index (χ2v) is 8.01. The summed E-state index contributed by atoms with van der Waals surface area (Å²) < 4.78 is 10.7. The Balaban J connectivity index is 1.46. The van der Waals surface area contributed by atoms with Crippen LogP contribution in [0, 0.1) is 17.3 Å². The van der Waals surface area contributed by atoms with E-state index in [1.54, 1.807) is 0 Å². The van der Waals surface area contributed by atoms with E-state index < -0.39 is 5.41 Å². The highest BCUT2D eigenvalue weighted by atomic mass is 16.5. The lowest BCUT2D eigenvalue weighted by Gasteiger charge is -2.29. The van der Waals surface area contributed by atoms with Gasteiger partial charge in [0, 0.05) is 52.5 Å². The molecule has 148 valence electrons. The number of hydrogen-bond donors (Lipinski definition) is 3. The predicted molar refractivity (Wildman–Crippen MR) is 97.6 cm³/mol. The van der Waals surface area contributed by atoms with E-state index in [1.165, 1.54) is 0 Å². The van der Waals surface area contributed by atoms with Gasteiger partial charge in [0.1, 0.15) is 0 Å². The summed E-state index contributed by atoms with van der Waals surface area (Å²) in [6.45, 7) is 5.87. The van der Waals surface area contributed by atoms with Crippen LogP contribution in [0.1, 0.15) is 38.5 Å². The van der Waals surface area contributed by atoms with Gasteiger partial charge in [0.05, 0.1) is 5.41 Å². The van der Waals surface area contributed by atoms with Gasteiger partial charge in [-0.2, -0.15) is 0 Å². The Hall–Kier alpha value is -1.18. The fraction of sp³-hybridized carbons (Fsp3) is 0.895. The maximum atomic E-state index is 12.9. The Labute approximate surface area is 155 Å². The number of carbonyl (C=O) groups excluding carboxylic acids is 2. The van der Waals surface area contributed by atoms with E-state index in [2.05, 4.69) is 16.0 Å². The lowest BCUT2D eigenvalue weighted by molar-refractivity contribution is -0.136. The van der Waals surface area contributed by atoms with Crippen LogP contribution >= 0.6 is 0 Å². The highest BCUT2D eigenvalue weighted by Crippen LogP contribution is 2.30. The lowest BCUT2D eigenvalue weighted by Crippen LogP contribution is -2.47. The van der Waals surface area contributed by atoms with Crippen LogP contribution in [0.15, 0.2) is 0 Å². The predicted octanol–water partition coefficient (Wildman–Crippen LogP) is 0.442. The minimum absolute atomic E-state index is 0.0126. The van der Waals surface area contributed by atoms with E-state index in [4.69, 9.17) is 9.47 Å². The number of rotatable bonds is 7. The molecular weight excluding hydrogens is 334 g/mol. The summed E-state index contributed by atoms with van der Waals surface area (Å²) in [6.07, 6.45) is 4.98. The summed E-state index contributed by atoms with van der Waals surface area (Å²) in [6, 6.07) is 0. The second-order valence-electron chi connectivity index (χ2n) is 8.01. The molecular formula is C19H33N3O4. The molecule has 0 aliphatic carbocycles. The summed E-state index contributed by atoms with van der Waals surface area (Å²) in [7, 11) is 0. The minimum atomic E-state index is -0.606. The van der Waals surface area contributed by atoms with Crippen molar-refractivity contribution in [3.8, 4) is 0 Å². The van der Waals surface area contributed by atoms with Gasteiger partial charge in [-0.25, -0.2) is 0 Å². The molecule has 26 heavy (non-hydrogen) atoms. The normalized spacial score (nSPS) is 28.0. The van der Waals surface area contributed by atoms with Crippen molar-refractivity contribution in [1.29, 1.82) is 0 Å². The van der Waals surface area contributed by atoms with Crippen molar-refractivity contribution in [3.05, 3.63) is 0 Å². The second kappa shape index (κ2) is 9.67. The number of nitrogens with one attached hydrogen (secondary N) is 3. The average Bonchev–Trinajstić information content (AvgIpc) is 3.16. The molecule has 3 fully saturated rings. The van der Waals surface area contributed by atoms with Gasteiger partial charge < -0.3 is 25.4 Å². The first-order chi connectivity index (χ1) is 12.7. The molecule has 0 saturated carbocycles. The molecule has 2 amide bonds. The highest BCUT2D eigenvalue weighted by molar-refractivity contribution is 5.89. The van der Waals surface area contributed by atoms with Crippen LogP contribution in [0.4, 0.5) is 0 Å². The molecule has 3 heterocycles. The summed E-state index contributed by atoms with van der Waals surface area (Å²) in [5.74, 6) is 0.991. The first-order valence-corrected chi connectivity index (χ1v) is 10.1. The Morgan fingerprint density at radius 1 is 0.923 bits per heavy atom. The van der Waals surface area contributed by atoms with E-state index in [1.807, 2.05) is 0 Å². The first-order valence-electron chi connectivity index (χ1n) is 10.1. The summed E-state index contributed by atoms with van der Waals surface area (Å²) >= 11 is 0. The molecule has 7 heteroatoms. The molecule has 0 radical (unpaired) electrons. The summed E-state index contributed by atoms with van der Waals surface area (Å²) in [5.41, 5.74) is -0.606. The highest BCUT2D eigenvalue weighted by Gasteiger charge is 2.43. The molecule has 0 aromatic heterocycles. The van der Waals surface area contributed by atoms with Gasteiger partial charge in [-0.1, -0.05) is 0 Å². The monoisotopic (exact) mass is 367 g/mol. The van der Waals surface area contributed by atoms with Crippen molar-refractivity contribution in [2.24, 2.45) is 17.3 Å². The van der Waals surface area contributed by atoms with Gasteiger partial charge in [0.25, 0.3) is 0 Å². The Bertz CT molecular complexity index is 467. The van der Waals surface area contributed by atoms with Crippen LogP contribution in [0.3, 0.4) is 0 Å². The van der Waals surface area contributed by atoms with Crippen molar-refractivity contribution in [1.82, 2.24) is 16.0 Å². The largest absolute Gasteiger partial charge is 0.381 e. The third kappa shape index (κ3) is 5.41. The van der Waals surface area contributed by atoms with E-state index >= 15 is 0 Å². The van der Waals surface area contributed by atoms with E-state index in [9.17, 15) is 9.59 Å². The molecule has 3 aliphatic heterocycles. The molecule has 0 aromatic carbocycles. The van der Waals surface area contributed by atoms with Crippen LogP contribution in [-0.2, 0) is 19.1 Å². The quantitative estimate of drug-likeness (QED) is 0.608. The van der Waals surface area contributed by atoms with Gasteiger partial charge in [0.2, 0.25) is 11.8 Å². The SMILES string of the molecule is O=C(CC1(C(=O)NCC2CCOCC2)CCNC1)NCC1CCOCC1. The number of amides is 2. The van der Waals surface area contributed by atoms with Crippen LogP contribution < -0.4 is 16.0 Å². The topological polar surface area (TPSA) is 88.7 Å². The van der Waals surface area contributed by atoms with E-state index in [0.29, 0.717) is 31.5 Å². The van der Waals surface area contributed by atoms with Crippen molar-refractivity contribution < 1.29 is 19.1 Å². The van der Waals surface area contributed by atoms with Crippen LogP contribution in [0.2, 0.25) is 0 Å². The molecule has 1 atom stereocenters. The van der Waals surface area contributed by atoms with Gasteiger partial charge in [-0.15, -0.1) is 0 Å². The van der Waals surface area contributed by atoms with Gasteiger partial charge >= 0.3 is 0 Å². The molecule has 3 rings (SSSR count). The Morgan fingerprint density at radius 2 is 1.50 bits per heavy atom. The van der Waals surface area contributed by atoms with Crippen LogP contribution in [0.25, 0.3) is 0 Å². The van der Waals surface area contributed by atoms with Crippen molar-refractivity contribution >= 4 is 11.8 Å². The number of ether oxygens (including phenoxy) is 2. The molecule has 0 bridgehead atoms. The smallest absolute Gasteiger partial charge is 0.228 e. The fourth-order valence-corrected chi connectivity index (χ4v) is 4.12. The van der Waals surface area contributed by atoms with Crippen molar-refractivity contribution in [3.63, 3.8) is 0 Å². The molecule has 3 N–H and O–H groups in total. The Morgan fingerprint density at radius 3 is 2.04 bits per heavy atom. The zero-order valence-electron chi connectivity index (χ0n) is 15.7. The standard InChI is InChI=1S/C19H33N3O4/c23-17(21-12-15-1-7-25-8-2-15)11-19(5-6-20-14-19)18(24)22-13-16-3-9-26-10-4-16/h15-16,20H,1-14H2,(H,21,23)(H,22,24). The average molecular weight is 367 g/mol. The van der Waals surface area contributed by atoms with Crippen molar-refractivity contribution in [2.45, 2.75) is 38.5 Å². The molecule has 0 aromatic rings. The van der Waals surface area contributed by atoms with Crippen LogP contribution in [0.5, 0.6) is 0 Å². The number of carbonyl (C=O) groups is 2. The summed E-state index contributed by atoms with van der Waals surface area (Å²) in [4.78, 5) is 25.4. The summed E-state index contributed by atoms with van der Waals surface area (Å²) in [5, 5.41) is 9.43. The molecule has 3 aliphatic rings. The number of hydrogen-bond acceptors (Lipinski definition) is 5. The molecule has 1 unspecified atom stereocenters. The van der Waals surface area contributed by atoms with E-state index in [-0.39, 0.29) is 18.2 Å². The zero-order chi connectivity index (χ0) is 18.2. The van der Waals surface area contributed by atoms with Crippen LogP contribution in [-0.4, -0.2) is 64.4 Å². The van der Waals surface area contributed by atoms with Gasteiger partial charge in [-0.3, -0.25) is 9.59 Å². The lowest BCUT2D eigenvalue weighted by atomic mass is 9.81. The van der Waals surface area contributed by atoms with Crippen molar-refractivity contribution in [2.75, 3.05) is 52.6 Å². The third-order valence-corrected chi connectivity index (χ3v) is 6.05. The Kier molecular flexibility index (Phi) is 7.28. The maximum absolute atomic E-state index is 12.9. The van der Waals surface area contributed by atoms with Gasteiger partial charge in [0.15, 0.2) is 0 Å². The fourth-order valence-electron chi connectivity index (χ4n) is 4.12. The minimum Gasteiger partial charge on any atom is -0.381 e. The molecule has 0 spiro atoms. The molecule has 7 nitrogen and oxygen atoms in total. The zero-order valence-corrected chi connectivity index (χ0v) is 15.7. The first kappa shape index (κ1) is 19.6.